The van der Waals surface area contributed by atoms with E-state index in [0.717, 1.165) is 80.1 Å². The van der Waals surface area contributed by atoms with E-state index >= 15 is 0 Å². The van der Waals surface area contributed by atoms with Gasteiger partial charge in [-0.2, -0.15) is 0 Å². The molecular formula is C27H36N4O2. The van der Waals surface area contributed by atoms with Crippen molar-refractivity contribution in [1.82, 2.24) is 19.8 Å². The lowest BCUT2D eigenvalue weighted by Crippen LogP contribution is -2.38. The van der Waals surface area contributed by atoms with Crippen LogP contribution in [0, 0.1) is 18.3 Å². The highest BCUT2D eigenvalue weighted by Gasteiger charge is 2.58. The molecule has 1 amide bonds. The summed E-state index contributed by atoms with van der Waals surface area (Å²) >= 11 is 0. The predicted octanol–water partition coefficient (Wildman–Crippen LogP) is 4.43. The fourth-order valence-electron chi connectivity index (χ4n) is 5.57. The number of imidazole rings is 1. The zero-order valence-corrected chi connectivity index (χ0v) is 20.1. The van der Waals surface area contributed by atoms with Crippen molar-refractivity contribution >= 4 is 16.9 Å². The number of benzene rings is 1. The van der Waals surface area contributed by atoms with Crippen molar-refractivity contribution in [3.63, 3.8) is 0 Å². The molecule has 2 fully saturated rings. The number of amides is 1. The number of rotatable bonds is 8. The number of nitrogens with one attached hydrogen (secondary N) is 1. The lowest BCUT2D eigenvalue weighted by Gasteiger charge is -2.33. The molecule has 3 heterocycles. The zero-order valence-electron chi connectivity index (χ0n) is 20.1. The molecule has 6 nitrogen and oxygen atoms in total. The third kappa shape index (κ3) is 4.58. The van der Waals surface area contributed by atoms with Gasteiger partial charge in [-0.1, -0.05) is 19.1 Å². The summed E-state index contributed by atoms with van der Waals surface area (Å²) in [4.78, 5) is 20.1. The molecule has 2 aromatic heterocycles. The number of furan rings is 1. The van der Waals surface area contributed by atoms with E-state index in [2.05, 4.69) is 33.8 Å². The van der Waals surface area contributed by atoms with Crippen molar-refractivity contribution in [2.75, 3.05) is 26.2 Å². The Morgan fingerprint density at radius 3 is 2.76 bits per heavy atom. The second-order valence-corrected chi connectivity index (χ2v) is 10.2. The Labute approximate surface area is 196 Å². The maximum atomic E-state index is 12.8. The van der Waals surface area contributed by atoms with Gasteiger partial charge in [0, 0.05) is 31.8 Å². The third-order valence-corrected chi connectivity index (χ3v) is 8.01. The van der Waals surface area contributed by atoms with Gasteiger partial charge in [0.05, 0.1) is 11.0 Å². The molecule has 3 aromatic rings. The van der Waals surface area contributed by atoms with Gasteiger partial charge in [0.25, 0.3) is 0 Å². The van der Waals surface area contributed by atoms with Crippen molar-refractivity contribution in [3.05, 3.63) is 53.7 Å². The number of carbonyl (C=O) groups excluding carboxylic acids is 1. The molecule has 0 unspecified atom stereocenters. The Kier molecular flexibility index (Phi) is 6.04. The molecule has 1 aliphatic carbocycles. The topological polar surface area (TPSA) is 63.3 Å². The van der Waals surface area contributed by atoms with Crippen LogP contribution in [0.25, 0.3) is 11.0 Å². The summed E-state index contributed by atoms with van der Waals surface area (Å²) in [5, 5.41) is 3.19. The number of nitrogens with zero attached hydrogens (tertiary/aromatic N) is 3. The summed E-state index contributed by atoms with van der Waals surface area (Å²) in [7, 11) is 2.05. The maximum absolute atomic E-state index is 12.8. The number of hydrogen-bond donors (Lipinski definition) is 1. The predicted molar refractivity (Wildman–Crippen MR) is 130 cm³/mol. The molecule has 1 N–H and O–H groups in total. The number of carbonyl (C=O) groups is 1. The van der Waals surface area contributed by atoms with Crippen LogP contribution in [0.5, 0.6) is 0 Å². The summed E-state index contributed by atoms with van der Waals surface area (Å²) in [6, 6.07) is 12.3. The van der Waals surface area contributed by atoms with Crippen LogP contribution in [-0.4, -0.2) is 46.5 Å². The van der Waals surface area contributed by atoms with E-state index in [9.17, 15) is 4.79 Å². The number of para-hydroxylation sites is 2. The minimum absolute atomic E-state index is 0.199. The molecule has 1 saturated carbocycles. The maximum Gasteiger partial charge on any atom is 0.223 e. The average Bonchev–Trinajstić information content (AvgIpc) is 3.17. The fraction of sp³-hybridized carbons (Fsp3) is 0.556. The van der Waals surface area contributed by atoms with Crippen LogP contribution in [-0.2, 0) is 18.3 Å². The lowest BCUT2D eigenvalue weighted by molar-refractivity contribution is -0.123. The van der Waals surface area contributed by atoms with Crippen LogP contribution in [0.2, 0.25) is 0 Å². The minimum atomic E-state index is 0.199. The number of likely N-dealkylation sites (tertiary alicyclic amines) is 1. The van der Waals surface area contributed by atoms with E-state index in [-0.39, 0.29) is 17.2 Å². The Hall–Kier alpha value is -2.60. The molecule has 0 bridgehead atoms. The van der Waals surface area contributed by atoms with Crippen molar-refractivity contribution in [2.24, 2.45) is 18.4 Å². The lowest BCUT2D eigenvalue weighted by atomic mass is 9.90. The van der Waals surface area contributed by atoms with Crippen molar-refractivity contribution < 1.29 is 9.21 Å². The molecule has 1 saturated heterocycles. The number of hydrogen-bond acceptors (Lipinski definition) is 4. The molecule has 6 heteroatoms. The summed E-state index contributed by atoms with van der Waals surface area (Å²) in [5.74, 6) is 4.00. The van der Waals surface area contributed by atoms with Gasteiger partial charge >= 0.3 is 0 Å². The first-order chi connectivity index (χ1) is 15.9. The SMILES string of the molecule is Cc1ccc([C@@H](C)CCN2CCC3(CC2)C[C@@H]3C(=O)NCCc2nc3ccccc3n2C)o1. The van der Waals surface area contributed by atoms with E-state index in [4.69, 9.17) is 9.40 Å². The molecule has 1 aromatic carbocycles. The normalized spacial score (nSPS) is 20.9. The average molecular weight is 449 g/mol. The summed E-state index contributed by atoms with van der Waals surface area (Å²) in [6.07, 6.45) is 5.22. The van der Waals surface area contributed by atoms with Gasteiger partial charge in [-0.05, 0) is 81.9 Å². The van der Waals surface area contributed by atoms with E-state index in [1.165, 1.54) is 0 Å². The van der Waals surface area contributed by atoms with Crippen molar-refractivity contribution in [3.8, 4) is 0 Å². The van der Waals surface area contributed by atoms with Crippen LogP contribution < -0.4 is 5.32 Å². The highest BCUT2D eigenvalue weighted by atomic mass is 16.3. The standard InChI is InChI=1S/C27H36N4O2/c1-19(24-9-8-20(2)33-24)11-15-31-16-12-27(13-17-31)18-21(27)26(32)28-14-10-25-29-22-6-4-5-7-23(22)30(25)3/h4-9,19,21H,10-18H2,1-3H3,(H,28,32)/t19-,21+/m0/s1. The first-order valence-electron chi connectivity index (χ1n) is 12.4. The fourth-order valence-corrected chi connectivity index (χ4v) is 5.57. The Morgan fingerprint density at radius 1 is 1.24 bits per heavy atom. The first-order valence-corrected chi connectivity index (χ1v) is 12.4. The number of aryl methyl sites for hydroxylation is 2. The summed E-state index contributed by atoms with van der Waals surface area (Å²) in [6.45, 7) is 8.22. The van der Waals surface area contributed by atoms with Gasteiger partial charge in [-0.3, -0.25) is 4.79 Å². The summed E-state index contributed by atoms with van der Waals surface area (Å²) < 4.78 is 7.91. The van der Waals surface area contributed by atoms with Crippen molar-refractivity contribution in [1.29, 1.82) is 0 Å². The molecule has 1 spiro atoms. The van der Waals surface area contributed by atoms with E-state index in [1.54, 1.807) is 0 Å². The van der Waals surface area contributed by atoms with Crippen molar-refractivity contribution in [2.45, 2.75) is 51.9 Å². The first kappa shape index (κ1) is 22.2. The molecule has 5 rings (SSSR count). The molecule has 33 heavy (non-hydrogen) atoms. The second-order valence-electron chi connectivity index (χ2n) is 10.2. The third-order valence-electron chi connectivity index (χ3n) is 8.01. The van der Waals surface area contributed by atoms with Crippen LogP contribution in [0.1, 0.15) is 55.9 Å². The van der Waals surface area contributed by atoms with E-state index < -0.39 is 0 Å². The highest BCUT2D eigenvalue weighted by Crippen LogP contribution is 2.59. The van der Waals surface area contributed by atoms with Crippen LogP contribution in [0.15, 0.2) is 40.8 Å². The van der Waals surface area contributed by atoms with E-state index in [1.807, 2.05) is 38.2 Å². The van der Waals surface area contributed by atoms with Gasteiger partial charge in [0.2, 0.25) is 5.91 Å². The second kappa shape index (κ2) is 8.98. The van der Waals surface area contributed by atoms with Crippen LogP contribution in [0.4, 0.5) is 0 Å². The smallest absolute Gasteiger partial charge is 0.223 e. The van der Waals surface area contributed by atoms with Crippen LogP contribution in [0.3, 0.4) is 0 Å². The Bertz CT molecular complexity index is 1120. The van der Waals surface area contributed by atoms with E-state index in [0.29, 0.717) is 12.5 Å². The molecule has 2 atom stereocenters. The van der Waals surface area contributed by atoms with Gasteiger partial charge in [-0.15, -0.1) is 0 Å². The Morgan fingerprint density at radius 2 is 2.03 bits per heavy atom. The monoisotopic (exact) mass is 448 g/mol. The minimum Gasteiger partial charge on any atom is -0.466 e. The molecule has 1 aliphatic heterocycles. The number of piperidine rings is 1. The molecular weight excluding hydrogens is 412 g/mol. The quantitative estimate of drug-likeness (QED) is 0.554. The summed E-state index contributed by atoms with van der Waals surface area (Å²) in [5.41, 5.74) is 2.41. The number of aromatic nitrogens is 2. The van der Waals surface area contributed by atoms with Gasteiger partial charge in [0.15, 0.2) is 0 Å². The van der Waals surface area contributed by atoms with Gasteiger partial charge in [0.1, 0.15) is 17.3 Å². The van der Waals surface area contributed by atoms with Gasteiger partial charge in [-0.25, -0.2) is 4.98 Å². The Balaban J connectivity index is 1.04. The molecule has 2 aliphatic rings. The molecule has 176 valence electrons. The zero-order chi connectivity index (χ0) is 23.0. The molecule has 0 radical (unpaired) electrons. The van der Waals surface area contributed by atoms with Gasteiger partial charge < -0.3 is 19.2 Å². The largest absolute Gasteiger partial charge is 0.466 e. The highest BCUT2D eigenvalue weighted by molar-refractivity contribution is 5.82. The van der Waals surface area contributed by atoms with Crippen LogP contribution >= 0.6 is 0 Å². The number of fused-ring (bicyclic) bond motifs is 1.